The van der Waals surface area contributed by atoms with Gasteiger partial charge in [0, 0.05) is 6.54 Å². The number of imide groups is 1. The minimum atomic E-state index is -4.83. The van der Waals surface area contributed by atoms with E-state index >= 15 is 0 Å². The summed E-state index contributed by atoms with van der Waals surface area (Å²) in [4.78, 5) is 28.5. The third-order valence-corrected chi connectivity index (χ3v) is 6.80. The minimum absolute atomic E-state index is 0.0360. The maximum Gasteiger partial charge on any atom is 0.417 e. The lowest BCUT2D eigenvalue weighted by Crippen LogP contribution is -2.43. The van der Waals surface area contributed by atoms with E-state index in [9.17, 15) is 27.9 Å². The summed E-state index contributed by atoms with van der Waals surface area (Å²) < 4.78 is 42.0. The average Bonchev–Trinajstić information content (AvgIpc) is 3.44. The van der Waals surface area contributed by atoms with E-state index in [4.69, 9.17) is 5.26 Å². The summed E-state index contributed by atoms with van der Waals surface area (Å²) in [6.07, 6.45) is -1.61. The molecule has 9 nitrogen and oxygen atoms in total. The van der Waals surface area contributed by atoms with Crippen LogP contribution in [0.3, 0.4) is 0 Å². The van der Waals surface area contributed by atoms with E-state index in [0.717, 1.165) is 28.4 Å². The predicted octanol–water partition coefficient (Wildman–Crippen LogP) is 4.61. The van der Waals surface area contributed by atoms with Gasteiger partial charge >= 0.3 is 12.2 Å². The number of hydrogen-bond acceptors (Lipinski definition) is 6. The first-order valence-corrected chi connectivity index (χ1v) is 12.3. The van der Waals surface area contributed by atoms with Crippen molar-refractivity contribution < 1.29 is 27.9 Å². The van der Waals surface area contributed by atoms with E-state index in [1.165, 1.54) is 24.8 Å². The Morgan fingerprint density at radius 2 is 1.77 bits per heavy atom. The molecule has 1 aliphatic heterocycles. The summed E-state index contributed by atoms with van der Waals surface area (Å²) in [5.41, 5.74) is -1.24. The normalized spacial score (nSPS) is 16.1. The van der Waals surface area contributed by atoms with Crippen molar-refractivity contribution >= 4 is 17.6 Å². The van der Waals surface area contributed by atoms with Crippen LogP contribution in [0.5, 0.6) is 0 Å². The molecule has 12 heteroatoms. The van der Waals surface area contributed by atoms with Crippen molar-refractivity contribution in [2.75, 3.05) is 4.90 Å². The molecule has 4 rings (SSSR count). The molecule has 2 aromatic carbocycles. The van der Waals surface area contributed by atoms with E-state index in [1.807, 2.05) is 6.92 Å². The van der Waals surface area contributed by atoms with Crippen LogP contribution in [0.4, 0.5) is 23.7 Å². The first kappa shape index (κ1) is 27.8. The van der Waals surface area contributed by atoms with Crippen LogP contribution in [0, 0.1) is 11.3 Å². The number of aromatic nitrogens is 3. The summed E-state index contributed by atoms with van der Waals surface area (Å²) in [5.74, 6) is -0.676. The number of anilines is 1. The number of nitrogens with zero attached hydrogens (tertiary/aromatic N) is 6. The van der Waals surface area contributed by atoms with E-state index in [-0.39, 0.29) is 12.2 Å². The van der Waals surface area contributed by atoms with Crippen LogP contribution < -0.4 is 4.90 Å². The number of halogens is 3. The predicted molar refractivity (Wildman–Crippen MR) is 135 cm³/mol. The molecule has 1 fully saturated rings. The van der Waals surface area contributed by atoms with Crippen molar-refractivity contribution in [3.8, 4) is 11.8 Å². The zero-order valence-corrected chi connectivity index (χ0v) is 21.6. The monoisotopic (exact) mass is 540 g/mol. The number of amides is 3. The van der Waals surface area contributed by atoms with E-state index < -0.39 is 40.9 Å². The summed E-state index contributed by atoms with van der Waals surface area (Å²) in [6, 6.07) is 10.6. The Bertz CT molecular complexity index is 1430. The van der Waals surface area contributed by atoms with Gasteiger partial charge in [-0.05, 0) is 69.0 Å². The fourth-order valence-electron chi connectivity index (χ4n) is 4.33. The molecule has 0 aliphatic carbocycles. The topological polar surface area (TPSA) is 115 Å². The highest BCUT2D eigenvalue weighted by atomic mass is 19.4. The van der Waals surface area contributed by atoms with Gasteiger partial charge < -0.3 is 10.0 Å². The van der Waals surface area contributed by atoms with Gasteiger partial charge in [-0.15, -0.1) is 5.10 Å². The summed E-state index contributed by atoms with van der Waals surface area (Å²) in [7, 11) is 0. The van der Waals surface area contributed by atoms with Crippen LogP contribution in [0.2, 0.25) is 0 Å². The van der Waals surface area contributed by atoms with Crippen molar-refractivity contribution in [1.82, 2.24) is 19.9 Å². The van der Waals surface area contributed by atoms with Gasteiger partial charge in [0.25, 0.3) is 5.91 Å². The van der Waals surface area contributed by atoms with Gasteiger partial charge in [0.2, 0.25) is 0 Å². The summed E-state index contributed by atoms with van der Waals surface area (Å²) in [6.45, 7) is 5.00. The Kier molecular flexibility index (Phi) is 7.48. The molecule has 0 radical (unpaired) electrons. The first-order valence-electron chi connectivity index (χ1n) is 12.3. The fourth-order valence-corrected chi connectivity index (χ4v) is 4.33. The lowest BCUT2D eigenvalue weighted by Gasteiger charge is -2.27. The van der Waals surface area contributed by atoms with E-state index in [0.29, 0.717) is 30.9 Å². The molecule has 0 spiro atoms. The third-order valence-electron chi connectivity index (χ3n) is 6.80. The van der Waals surface area contributed by atoms with E-state index in [2.05, 4.69) is 10.3 Å². The molecular weight excluding hydrogens is 513 g/mol. The van der Waals surface area contributed by atoms with Crippen molar-refractivity contribution in [2.45, 2.75) is 64.4 Å². The second-order valence-corrected chi connectivity index (χ2v) is 9.83. The number of aryl methyl sites for hydroxylation is 1. The van der Waals surface area contributed by atoms with Crippen LogP contribution >= 0.6 is 0 Å². The Labute approximate surface area is 223 Å². The Balaban J connectivity index is 1.53. The molecule has 1 saturated heterocycles. The van der Waals surface area contributed by atoms with Crippen LogP contribution in [-0.4, -0.2) is 48.6 Å². The highest BCUT2D eigenvalue weighted by molar-refractivity contribution is 6.23. The lowest BCUT2D eigenvalue weighted by atomic mass is 10.0. The zero-order valence-electron chi connectivity index (χ0n) is 21.6. The Morgan fingerprint density at radius 3 is 2.38 bits per heavy atom. The molecule has 1 aromatic heterocycles. The first-order chi connectivity index (χ1) is 18.4. The number of nitriles is 1. The number of carbonyl (C=O) groups excluding carboxylic acids is 2. The number of rotatable bonds is 8. The molecule has 1 N–H and O–H groups in total. The maximum atomic E-state index is 13.5. The van der Waals surface area contributed by atoms with Gasteiger partial charge in [0.1, 0.15) is 5.54 Å². The van der Waals surface area contributed by atoms with Crippen molar-refractivity contribution in [3.63, 3.8) is 0 Å². The van der Waals surface area contributed by atoms with Crippen LogP contribution in [0.25, 0.3) is 5.69 Å². The highest BCUT2D eigenvalue weighted by Crippen LogP contribution is 2.38. The molecule has 1 atom stereocenters. The molecule has 39 heavy (non-hydrogen) atoms. The molecule has 1 unspecified atom stereocenters. The van der Waals surface area contributed by atoms with Gasteiger partial charge in [0.15, 0.2) is 0 Å². The maximum absolute atomic E-state index is 13.5. The van der Waals surface area contributed by atoms with Crippen molar-refractivity contribution in [1.29, 1.82) is 5.26 Å². The minimum Gasteiger partial charge on any atom is -0.393 e. The molecule has 204 valence electrons. The molecule has 3 amide bonds. The molecule has 1 aliphatic rings. The zero-order chi connectivity index (χ0) is 28.5. The average molecular weight is 541 g/mol. The van der Waals surface area contributed by atoms with Crippen LogP contribution in [-0.2, 0) is 23.9 Å². The second kappa shape index (κ2) is 10.5. The largest absolute Gasteiger partial charge is 0.417 e. The second-order valence-electron chi connectivity index (χ2n) is 9.83. The third kappa shape index (κ3) is 5.49. The number of benzene rings is 2. The van der Waals surface area contributed by atoms with Crippen LogP contribution in [0.1, 0.15) is 56.0 Å². The Morgan fingerprint density at radius 1 is 1.10 bits per heavy atom. The fraction of sp³-hybridized carbons (Fsp3) is 0.370. The molecule has 0 saturated carbocycles. The summed E-state index contributed by atoms with van der Waals surface area (Å²) in [5, 5.41) is 27.0. The van der Waals surface area contributed by atoms with Crippen molar-refractivity contribution in [3.05, 3.63) is 71.0 Å². The lowest BCUT2D eigenvalue weighted by molar-refractivity contribution is -0.137. The highest BCUT2D eigenvalue weighted by Gasteiger charge is 2.52. The molecule has 0 bridgehead atoms. The number of aliphatic hydroxyl groups excluding tert-OH is 1. The SMILES string of the molecule is CCC(O)CCc1cn(-c2ccc(CN3C(=O)N(c4ccc(C#N)c(C(F)(F)F)c4)C(=O)C3(C)C)cc2)nn1. The van der Waals surface area contributed by atoms with Gasteiger partial charge in [-0.1, -0.05) is 24.3 Å². The standard InChI is InChI=1S/C27H27F3N6O3/c1-4-22(37)12-8-19-16-35(33-32-19)20-9-5-17(6-10-20)15-34-25(39)36(24(38)26(34,2)3)21-11-7-18(14-31)23(13-21)27(28,29)30/h5-7,9-11,13,16,22,37H,4,8,12,15H2,1-3H3. The number of aliphatic hydroxyl groups is 1. The number of hydrogen-bond donors (Lipinski definition) is 1. The molecule has 3 aromatic rings. The van der Waals surface area contributed by atoms with E-state index in [1.54, 1.807) is 35.1 Å². The van der Waals surface area contributed by atoms with Gasteiger partial charge in [0.05, 0.1) is 46.6 Å². The van der Waals surface area contributed by atoms with Crippen molar-refractivity contribution in [2.24, 2.45) is 0 Å². The van der Waals surface area contributed by atoms with Crippen LogP contribution in [0.15, 0.2) is 48.7 Å². The Hall–Kier alpha value is -4.24. The number of carbonyl (C=O) groups is 2. The quantitative estimate of drug-likeness (QED) is 0.418. The van der Waals surface area contributed by atoms with Gasteiger partial charge in [-0.3, -0.25) is 4.79 Å². The molecule has 2 heterocycles. The number of alkyl halides is 3. The molecular formula is C27H27F3N6O3. The smallest absolute Gasteiger partial charge is 0.393 e. The van der Waals surface area contributed by atoms with Gasteiger partial charge in [-0.25, -0.2) is 14.4 Å². The summed E-state index contributed by atoms with van der Waals surface area (Å²) >= 11 is 0. The van der Waals surface area contributed by atoms with Gasteiger partial charge in [-0.2, -0.15) is 18.4 Å². The number of urea groups is 1.